The van der Waals surface area contributed by atoms with Gasteiger partial charge in [0.05, 0.1) is 4.48 Å². The Morgan fingerprint density at radius 2 is 2.21 bits per heavy atom. The summed E-state index contributed by atoms with van der Waals surface area (Å²) in [6, 6.07) is 5.52. The van der Waals surface area contributed by atoms with Crippen molar-refractivity contribution in [3.05, 3.63) is 33.8 Å². The largest absolute Gasteiger partial charge is 0.508 e. The summed E-state index contributed by atoms with van der Waals surface area (Å²) in [6.45, 7) is 2.19. The average molecular weight is 321 g/mol. The van der Waals surface area contributed by atoms with Crippen LogP contribution in [-0.4, -0.2) is 10.9 Å². The SMILES string of the molecule is CCCC12CCC(=O)C(Br)=C1c1ccc(O)cc1C2. The van der Waals surface area contributed by atoms with E-state index >= 15 is 0 Å². The fraction of sp³-hybridized carbons (Fsp3) is 0.438. The highest BCUT2D eigenvalue weighted by atomic mass is 79.9. The number of benzene rings is 1. The molecule has 2 aliphatic carbocycles. The van der Waals surface area contributed by atoms with Crippen LogP contribution < -0.4 is 0 Å². The van der Waals surface area contributed by atoms with Crippen LogP contribution in [0, 0.1) is 5.41 Å². The van der Waals surface area contributed by atoms with Crippen molar-refractivity contribution in [1.82, 2.24) is 0 Å². The first-order valence-electron chi connectivity index (χ1n) is 6.83. The number of halogens is 1. The molecule has 3 heteroatoms. The predicted octanol–water partition coefficient (Wildman–Crippen LogP) is 4.20. The van der Waals surface area contributed by atoms with Crippen LogP contribution in [0.5, 0.6) is 5.75 Å². The van der Waals surface area contributed by atoms with Crippen molar-refractivity contribution in [1.29, 1.82) is 0 Å². The zero-order valence-electron chi connectivity index (χ0n) is 11.0. The van der Waals surface area contributed by atoms with E-state index < -0.39 is 0 Å². The number of hydrogen-bond donors (Lipinski definition) is 1. The minimum Gasteiger partial charge on any atom is -0.508 e. The molecule has 0 saturated carbocycles. The van der Waals surface area contributed by atoms with E-state index in [0.29, 0.717) is 12.2 Å². The molecule has 100 valence electrons. The van der Waals surface area contributed by atoms with Crippen molar-refractivity contribution in [2.45, 2.75) is 39.0 Å². The van der Waals surface area contributed by atoms with Crippen LogP contribution >= 0.6 is 15.9 Å². The molecule has 0 bridgehead atoms. The second-order valence-corrected chi connectivity index (χ2v) is 6.45. The number of phenolic OH excluding ortho intramolecular Hbond substituents is 1. The van der Waals surface area contributed by atoms with Gasteiger partial charge in [-0.25, -0.2) is 0 Å². The highest BCUT2D eigenvalue weighted by Crippen LogP contribution is 2.57. The number of allylic oxidation sites excluding steroid dienone is 2. The van der Waals surface area contributed by atoms with Crippen LogP contribution in [0.4, 0.5) is 0 Å². The number of carbonyl (C=O) groups is 1. The third kappa shape index (κ3) is 1.86. The summed E-state index contributed by atoms with van der Waals surface area (Å²) in [7, 11) is 0. The molecule has 1 aromatic rings. The molecule has 0 amide bonds. The van der Waals surface area contributed by atoms with Gasteiger partial charge in [0.25, 0.3) is 0 Å². The molecule has 1 atom stereocenters. The van der Waals surface area contributed by atoms with Gasteiger partial charge in [0, 0.05) is 11.8 Å². The normalized spacial score (nSPS) is 25.5. The number of hydrogen-bond acceptors (Lipinski definition) is 2. The van der Waals surface area contributed by atoms with Gasteiger partial charge in [0.2, 0.25) is 0 Å². The number of rotatable bonds is 2. The van der Waals surface area contributed by atoms with E-state index in [1.54, 1.807) is 6.07 Å². The van der Waals surface area contributed by atoms with Crippen molar-refractivity contribution in [2.24, 2.45) is 5.41 Å². The van der Waals surface area contributed by atoms with Crippen LogP contribution in [0.1, 0.15) is 43.7 Å². The summed E-state index contributed by atoms with van der Waals surface area (Å²) < 4.78 is 0.761. The Balaban J connectivity index is 2.22. The van der Waals surface area contributed by atoms with Gasteiger partial charge in [0.15, 0.2) is 5.78 Å². The van der Waals surface area contributed by atoms with Crippen LogP contribution in [0.15, 0.2) is 22.7 Å². The number of carbonyl (C=O) groups excluding carboxylic acids is 1. The molecule has 1 aromatic carbocycles. The van der Waals surface area contributed by atoms with Crippen LogP contribution in [0.2, 0.25) is 0 Å². The molecule has 0 fully saturated rings. The van der Waals surface area contributed by atoms with Gasteiger partial charge >= 0.3 is 0 Å². The van der Waals surface area contributed by atoms with Gasteiger partial charge < -0.3 is 5.11 Å². The van der Waals surface area contributed by atoms with E-state index in [-0.39, 0.29) is 11.2 Å². The minimum atomic E-state index is 0.0949. The summed E-state index contributed by atoms with van der Waals surface area (Å²) in [5.74, 6) is 0.523. The number of phenols is 1. The number of fused-ring (bicyclic) bond motifs is 3. The highest BCUT2D eigenvalue weighted by molar-refractivity contribution is 9.12. The standard InChI is InChI=1S/C16H17BrO2/c1-2-6-16-7-5-13(19)15(17)14(16)12-4-3-11(18)8-10(12)9-16/h3-4,8,18H,2,5-7,9H2,1H3. The Morgan fingerprint density at radius 3 is 2.95 bits per heavy atom. The quantitative estimate of drug-likeness (QED) is 0.886. The second kappa shape index (κ2) is 4.48. The molecule has 2 aliphatic rings. The lowest BCUT2D eigenvalue weighted by Crippen LogP contribution is -2.27. The van der Waals surface area contributed by atoms with Crippen molar-refractivity contribution in [2.75, 3.05) is 0 Å². The van der Waals surface area contributed by atoms with Gasteiger partial charge in [0.1, 0.15) is 5.75 Å². The Bertz CT molecular complexity index is 588. The lowest BCUT2D eigenvalue weighted by Gasteiger charge is -2.35. The maximum atomic E-state index is 12.0. The predicted molar refractivity (Wildman–Crippen MR) is 79.2 cm³/mol. The summed E-state index contributed by atoms with van der Waals surface area (Å²) in [6.07, 6.45) is 4.71. The number of Topliss-reactive ketones (excluding diaryl/α,β-unsaturated/α-hetero) is 1. The molecule has 19 heavy (non-hydrogen) atoms. The molecule has 1 unspecified atom stereocenters. The first-order valence-corrected chi connectivity index (χ1v) is 7.62. The molecular formula is C16H17BrO2. The minimum absolute atomic E-state index is 0.0949. The molecule has 1 N–H and O–H groups in total. The van der Waals surface area contributed by atoms with Crippen LogP contribution in [-0.2, 0) is 11.2 Å². The smallest absolute Gasteiger partial charge is 0.170 e. The molecule has 0 radical (unpaired) electrons. The van der Waals surface area contributed by atoms with E-state index in [0.717, 1.165) is 35.7 Å². The highest BCUT2D eigenvalue weighted by Gasteiger charge is 2.45. The van der Waals surface area contributed by atoms with E-state index in [2.05, 4.69) is 22.9 Å². The number of aromatic hydroxyl groups is 1. The molecule has 0 saturated heterocycles. The van der Waals surface area contributed by atoms with Gasteiger partial charge in [-0.3, -0.25) is 4.79 Å². The van der Waals surface area contributed by atoms with Crippen molar-refractivity contribution < 1.29 is 9.90 Å². The number of ketones is 1. The van der Waals surface area contributed by atoms with E-state index in [9.17, 15) is 9.90 Å². The Hall–Kier alpha value is -1.09. The topological polar surface area (TPSA) is 37.3 Å². The molecule has 0 spiro atoms. The van der Waals surface area contributed by atoms with E-state index in [1.165, 1.54) is 11.1 Å². The molecule has 0 aromatic heterocycles. The van der Waals surface area contributed by atoms with E-state index in [1.807, 2.05) is 12.1 Å². The molecule has 2 nitrogen and oxygen atoms in total. The van der Waals surface area contributed by atoms with Crippen molar-refractivity contribution in [3.63, 3.8) is 0 Å². The van der Waals surface area contributed by atoms with Crippen molar-refractivity contribution in [3.8, 4) is 5.75 Å². The summed E-state index contributed by atoms with van der Waals surface area (Å²) in [4.78, 5) is 12.0. The second-order valence-electron chi connectivity index (χ2n) is 5.66. The fourth-order valence-electron chi connectivity index (χ4n) is 3.69. The zero-order chi connectivity index (χ0) is 13.6. The maximum absolute atomic E-state index is 12.0. The molecule has 3 rings (SSSR count). The zero-order valence-corrected chi connectivity index (χ0v) is 12.6. The first kappa shape index (κ1) is 12.9. The van der Waals surface area contributed by atoms with Crippen LogP contribution in [0.3, 0.4) is 0 Å². The van der Waals surface area contributed by atoms with Crippen molar-refractivity contribution >= 4 is 27.3 Å². The molecule has 0 heterocycles. The first-order chi connectivity index (χ1) is 9.07. The molecular weight excluding hydrogens is 304 g/mol. The fourth-order valence-corrected chi connectivity index (χ4v) is 4.52. The van der Waals surface area contributed by atoms with Gasteiger partial charge in [-0.1, -0.05) is 19.4 Å². The van der Waals surface area contributed by atoms with Gasteiger partial charge in [-0.05, 0) is 64.0 Å². The monoisotopic (exact) mass is 320 g/mol. The summed E-state index contributed by atoms with van der Waals surface area (Å²) in [5, 5.41) is 9.67. The Kier molecular flexibility index (Phi) is 3.05. The van der Waals surface area contributed by atoms with Gasteiger partial charge in [-0.2, -0.15) is 0 Å². The Labute approximate surface area is 121 Å². The third-order valence-corrected chi connectivity index (χ3v) is 5.28. The van der Waals surface area contributed by atoms with Crippen LogP contribution in [0.25, 0.3) is 5.57 Å². The Morgan fingerprint density at radius 1 is 1.42 bits per heavy atom. The summed E-state index contributed by atoms with van der Waals surface area (Å²) >= 11 is 3.52. The lowest BCUT2D eigenvalue weighted by atomic mass is 9.70. The summed E-state index contributed by atoms with van der Waals surface area (Å²) in [5.41, 5.74) is 3.60. The van der Waals surface area contributed by atoms with Gasteiger partial charge in [-0.15, -0.1) is 0 Å². The maximum Gasteiger partial charge on any atom is 0.170 e. The lowest BCUT2D eigenvalue weighted by molar-refractivity contribution is -0.115. The molecule has 0 aliphatic heterocycles. The average Bonchev–Trinajstić information content (AvgIpc) is 2.68. The van der Waals surface area contributed by atoms with E-state index in [4.69, 9.17) is 0 Å². The third-order valence-electron chi connectivity index (χ3n) is 4.44.